The van der Waals surface area contributed by atoms with Gasteiger partial charge in [0.15, 0.2) is 0 Å². The van der Waals surface area contributed by atoms with Gasteiger partial charge in [-0.3, -0.25) is 9.59 Å². The Labute approximate surface area is 126 Å². The van der Waals surface area contributed by atoms with E-state index in [9.17, 15) is 9.59 Å². The van der Waals surface area contributed by atoms with E-state index in [-0.39, 0.29) is 6.42 Å². The van der Waals surface area contributed by atoms with E-state index in [1.54, 1.807) is 36.4 Å². The van der Waals surface area contributed by atoms with Crippen LogP contribution in [0.4, 0.5) is 5.69 Å². The summed E-state index contributed by atoms with van der Waals surface area (Å²) in [6, 6.07) is 12.0. The minimum Gasteiger partial charge on any atom is -0.463 e. The molecule has 0 spiro atoms. The molecule has 0 radical (unpaired) electrons. The highest BCUT2D eigenvalue weighted by Gasteiger charge is 2.12. The first-order chi connectivity index (χ1) is 10.7. The van der Waals surface area contributed by atoms with E-state index in [4.69, 9.17) is 9.68 Å². The molecule has 110 valence electrons. The minimum atomic E-state index is -0.899. The van der Waals surface area contributed by atoms with Crippen LogP contribution >= 0.6 is 0 Å². The minimum absolute atomic E-state index is 0.288. The summed E-state index contributed by atoms with van der Waals surface area (Å²) in [7, 11) is 0. The molecule has 0 saturated heterocycles. The average molecular weight is 296 g/mol. The summed E-state index contributed by atoms with van der Waals surface area (Å²) in [5, 5.41) is 14.6. The van der Waals surface area contributed by atoms with Crippen LogP contribution in [0.5, 0.6) is 0 Å². The fraction of sp³-hybridized carbons (Fsp3) is 0.0667. The second-order valence-electron chi connectivity index (χ2n) is 4.20. The van der Waals surface area contributed by atoms with Crippen LogP contribution in [0, 0.1) is 11.3 Å². The predicted octanol–water partition coefficient (Wildman–Crippen LogP) is 1.43. The molecule has 0 aliphatic rings. The maximum atomic E-state index is 11.6. The van der Waals surface area contributed by atoms with Crippen molar-refractivity contribution in [3.8, 4) is 6.07 Å². The van der Waals surface area contributed by atoms with Crippen molar-refractivity contribution in [2.45, 2.75) is 6.42 Å². The maximum absolute atomic E-state index is 11.6. The van der Waals surface area contributed by atoms with Gasteiger partial charge < -0.3 is 9.73 Å². The fourth-order valence-corrected chi connectivity index (χ4v) is 1.56. The second kappa shape index (κ2) is 7.40. The number of nitrogens with zero attached hydrogens (tertiary/aromatic N) is 2. The van der Waals surface area contributed by atoms with Gasteiger partial charge in [0.05, 0.1) is 25.0 Å². The van der Waals surface area contributed by atoms with E-state index in [0.29, 0.717) is 11.4 Å². The Hall–Kier alpha value is -3.40. The number of carbonyl (C=O) groups excluding carboxylic acids is 2. The Kier molecular flexibility index (Phi) is 5.04. The highest BCUT2D eigenvalue weighted by atomic mass is 16.3. The van der Waals surface area contributed by atoms with Gasteiger partial charge in [-0.05, 0) is 29.8 Å². The maximum Gasteiger partial charge on any atom is 0.329 e. The Balaban J connectivity index is 1.85. The standard InChI is InChI=1S/C15H12N4O3/c16-8-7-11-3-5-12(6-4-11)18-14(20)15(21)19-17-10-13-2-1-9-22-13/h1-6,9-10H,7H2,(H,18,20)(H,19,21)/b17-10+. The molecule has 1 aromatic carbocycles. The zero-order valence-corrected chi connectivity index (χ0v) is 11.4. The zero-order chi connectivity index (χ0) is 15.8. The molecule has 2 aromatic rings. The molecule has 0 saturated carbocycles. The van der Waals surface area contributed by atoms with Gasteiger partial charge in [0, 0.05) is 5.69 Å². The molecule has 2 amide bonds. The van der Waals surface area contributed by atoms with E-state index < -0.39 is 11.8 Å². The van der Waals surface area contributed by atoms with Crippen LogP contribution in [-0.2, 0) is 16.0 Å². The molecule has 2 N–H and O–H groups in total. The number of hydrazone groups is 1. The first-order valence-electron chi connectivity index (χ1n) is 6.33. The summed E-state index contributed by atoms with van der Waals surface area (Å²) < 4.78 is 4.98. The highest BCUT2D eigenvalue weighted by molar-refractivity contribution is 6.39. The van der Waals surface area contributed by atoms with Crippen LogP contribution in [0.15, 0.2) is 52.2 Å². The molecule has 1 heterocycles. The second-order valence-corrected chi connectivity index (χ2v) is 4.20. The summed E-state index contributed by atoms with van der Waals surface area (Å²) in [6.45, 7) is 0. The first-order valence-corrected chi connectivity index (χ1v) is 6.33. The number of hydrogen-bond acceptors (Lipinski definition) is 5. The highest BCUT2D eigenvalue weighted by Crippen LogP contribution is 2.09. The quantitative estimate of drug-likeness (QED) is 0.505. The fourth-order valence-electron chi connectivity index (χ4n) is 1.56. The zero-order valence-electron chi connectivity index (χ0n) is 11.4. The number of furan rings is 1. The van der Waals surface area contributed by atoms with Crippen molar-refractivity contribution in [2.24, 2.45) is 5.10 Å². The monoisotopic (exact) mass is 296 g/mol. The number of hydrogen-bond donors (Lipinski definition) is 2. The van der Waals surface area contributed by atoms with Gasteiger partial charge in [-0.25, -0.2) is 5.43 Å². The third-order valence-corrected chi connectivity index (χ3v) is 2.60. The number of anilines is 1. The topological polar surface area (TPSA) is 107 Å². The van der Waals surface area contributed by atoms with Crippen molar-refractivity contribution in [1.82, 2.24) is 5.43 Å². The lowest BCUT2D eigenvalue weighted by Gasteiger charge is -2.04. The normalized spacial score (nSPS) is 10.1. The molecule has 0 unspecified atom stereocenters. The number of rotatable bonds is 4. The summed E-state index contributed by atoms with van der Waals surface area (Å²) in [6.07, 6.45) is 3.03. The Morgan fingerprint density at radius 3 is 2.64 bits per heavy atom. The smallest absolute Gasteiger partial charge is 0.329 e. The molecule has 0 fully saturated rings. The molecular weight excluding hydrogens is 284 g/mol. The molecular formula is C15H12N4O3. The molecule has 2 rings (SSSR count). The van der Waals surface area contributed by atoms with Crippen molar-refractivity contribution in [3.05, 3.63) is 54.0 Å². The molecule has 7 nitrogen and oxygen atoms in total. The first kappa shape index (κ1) is 15.0. The van der Waals surface area contributed by atoms with Crippen LogP contribution in [0.25, 0.3) is 0 Å². The number of carbonyl (C=O) groups is 2. The van der Waals surface area contributed by atoms with E-state index in [2.05, 4.69) is 15.8 Å². The van der Waals surface area contributed by atoms with Gasteiger partial charge in [0.2, 0.25) is 0 Å². The van der Waals surface area contributed by atoms with Crippen LogP contribution in [0.2, 0.25) is 0 Å². The van der Waals surface area contributed by atoms with Crippen molar-refractivity contribution < 1.29 is 14.0 Å². The number of nitriles is 1. The van der Waals surface area contributed by atoms with Gasteiger partial charge in [-0.2, -0.15) is 10.4 Å². The molecule has 0 aliphatic heterocycles. The van der Waals surface area contributed by atoms with Crippen LogP contribution in [-0.4, -0.2) is 18.0 Å². The van der Waals surface area contributed by atoms with Crippen molar-refractivity contribution in [2.75, 3.05) is 5.32 Å². The summed E-state index contributed by atoms with van der Waals surface area (Å²) in [5.74, 6) is -1.29. The Bertz CT molecular complexity index is 712. The Morgan fingerprint density at radius 1 is 1.23 bits per heavy atom. The number of nitrogens with one attached hydrogen (secondary N) is 2. The third-order valence-electron chi connectivity index (χ3n) is 2.60. The Morgan fingerprint density at radius 2 is 2.00 bits per heavy atom. The van der Waals surface area contributed by atoms with Gasteiger partial charge >= 0.3 is 11.8 Å². The van der Waals surface area contributed by atoms with Crippen LogP contribution < -0.4 is 10.7 Å². The molecule has 22 heavy (non-hydrogen) atoms. The van der Waals surface area contributed by atoms with Crippen LogP contribution in [0.3, 0.4) is 0 Å². The molecule has 7 heteroatoms. The van der Waals surface area contributed by atoms with Gasteiger partial charge in [-0.1, -0.05) is 12.1 Å². The van der Waals surface area contributed by atoms with Gasteiger partial charge in [0.25, 0.3) is 0 Å². The number of amides is 2. The molecule has 0 bridgehead atoms. The van der Waals surface area contributed by atoms with Crippen molar-refractivity contribution >= 4 is 23.7 Å². The van der Waals surface area contributed by atoms with E-state index in [1.807, 2.05) is 6.07 Å². The summed E-state index contributed by atoms with van der Waals surface area (Å²) in [4.78, 5) is 23.2. The lowest BCUT2D eigenvalue weighted by atomic mass is 10.1. The van der Waals surface area contributed by atoms with Crippen LogP contribution in [0.1, 0.15) is 11.3 Å². The van der Waals surface area contributed by atoms with E-state index >= 15 is 0 Å². The SMILES string of the molecule is N#CCc1ccc(NC(=O)C(=O)N/N=C/c2ccco2)cc1. The summed E-state index contributed by atoms with van der Waals surface area (Å²) in [5.41, 5.74) is 3.37. The number of benzene rings is 1. The molecule has 1 aromatic heterocycles. The van der Waals surface area contributed by atoms with E-state index in [0.717, 1.165) is 5.56 Å². The van der Waals surface area contributed by atoms with Gasteiger partial charge in [-0.15, -0.1) is 0 Å². The average Bonchev–Trinajstić information content (AvgIpc) is 3.02. The lowest BCUT2D eigenvalue weighted by molar-refractivity contribution is -0.136. The molecule has 0 atom stereocenters. The third kappa shape index (κ3) is 4.31. The van der Waals surface area contributed by atoms with Crippen molar-refractivity contribution in [3.63, 3.8) is 0 Å². The predicted molar refractivity (Wildman–Crippen MR) is 78.8 cm³/mol. The van der Waals surface area contributed by atoms with Gasteiger partial charge in [0.1, 0.15) is 5.76 Å². The lowest BCUT2D eigenvalue weighted by Crippen LogP contribution is -2.32. The largest absolute Gasteiger partial charge is 0.463 e. The van der Waals surface area contributed by atoms with E-state index in [1.165, 1.54) is 12.5 Å². The van der Waals surface area contributed by atoms with Crippen molar-refractivity contribution in [1.29, 1.82) is 5.26 Å². The molecule has 0 aliphatic carbocycles. The summed E-state index contributed by atoms with van der Waals surface area (Å²) >= 11 is 0.